The molecule has 0 N–H and O–H groups in total. The van der Waals surface area contributed by atoms with Gasteiger partial charge in [0.2, 0.25) is 11.8 Å². The fourth-order valence-electron chi connectivity index (χ4n) is 4.41. The van der Waals surface area contributed by atoms with Crippen LogP contribution in [0.5, 0.6) is 5.75 Å². The predicted molar refractivity (Wildman–Crippen MR) is 112 cm³/mol. The Hall–Kier alpha value is -2.08. The Kier molecular flexibility index (Phi) is 7.53. The number of rotatable bonds is 7. The van der Waals surface area contributed by atoms with E-state index in [1.165, 1.54) is 0 Å². The monoisotopic (exact) mass is 402 g/mol. The Balaban J connectivity index is 1.91. The van der Waals surface area contributed by atoms with Gasteiger partial charge in [-0.15, -0.1) is 0 Å². The van der Waals surface area contributed by atoms with E-state index in [1.54, 1.807) is 7.11 Å². The molecule has 2 aliphatic heterocycles. The van der Waals surface area contributed by atoms with Crippen LogP contribution in [0, 0.1) is 12.8 Å². The van der Waals surface area contributed by atoms with E-state index in [0.29, 0.717) is 45.7 Å². The normalized spacial score (nSPS) is 21.7. The van der Waals surface area contributed by atoms with Gasteiger partial charge in [0.25, 0.3) is 0 Å². The SMILES string of the molecule is CCCCCC(=O)N1CCC(=O)N(CCOC)C[C@H]2COc3ccc(C)cc3[C@H]21. The van der Waals surface area contributed by atoms with Gasteiger partial charge in [-0.05, 0) is 19.4 Å². The molecular weight excluding hydrogens is 368 g/mol. The molecule has 0 unspecified atom stereocenters. The number of fused-ring (bicyclic) bond motifs is 3. The zero-order valence-corrected chi connectivity index (χ0v) is 18.0. The number of benzene rings is 1. The Morgan fingerprint density at radius 2 is 2.14 bits per heavy atom. The van der Waals surface area contributed by atoms with Gasteiger partial charge >= 0.3 is 0 Å². The van der Waals surface area contributed by atoms with E-state index < -0.39 is 0 Å². The fourth-order valence-corrected chi connectivity index (χ4v) is 4.41. The van der Waals surface area contributed by atoms with Gasteiger partial charge in [-0.1, -0.05) is 37.5 Å². The lowest BCUT2D eigenvalue weighted by Crippen LogP contribution is -2.51. The molecule has 0 spiro atoms. The number of hydrogen-bond acceptors (Lipinski definition) is 4. The summed E-state index contributed by atoms with van der Waals surface area (Å²) in [5.41, 5.74) is 2.23. The number of nitrogens with zero attached hydrogens (tertiary/aromatic N) is 2. The first-order valence-corrected chi connectivity index (χ1v) is 10.8. The van der Waals surface area contributed by atoms with Gasteiger partial charge in [0.1, 0.15) is 5.75 Å². The summed E-state index contributed by atoms with van der Waals surface area (Å²) < 4.78 is 11.2. The highest BCUT2D eigenvalue weighted by molar-refractivity contribution is 5.80. The van der Waals surface area contributed by atoms with Gasteiger partial charge in [0.15, 0.2) is 0 Å². The molecule has 0 bridgehead atoms. The van der Waals surface area contributed by atoms with Gasteiger partial charge in [0, 0.05) is 51.1 Å². The van der Waals surface area contributed by atoms with Gasteiger partial charge in [-0.2, -0.15) is 0 Å². The van der Waals surface area contributed by atoms with Crippen LogP contribution < -0.4 is 4.74 Å². The first-order chi connectivity index (χ1) is 14.0. The Bertz CT molecular complexity index is 721. The molecule has 0 radical (unpaired) electrons. The molecule has 0 aliphatic carbocycles. The summed E-state index contributed by atoms with van der Waals surface area (Å²) in [6, 6.07) is 6.14. The van der Waals surface area contributed by atoms with Crippen LogP contribution in [0.15, 0.2) is 18.2 Å². The molecule has 1 fully saturated rings. The second kappa shape index (κ2) is 10.1. The number of methoxy groups -OCH3 is 1. The van der Waals surface area contributed by atoms with Crippen LogP contribution in [0.1, 0.15) is 56.2 Å². The molecule has 2 heterocycles. The third kappa shape index (κ3) is 5.10. The standard InChI is InChI=1S/C23H34N2O4/c1-4-5-6-7-22(27)25-11-10-21(26)24(12-13-28-3)15-18-16-29-20-9-8-17(2)14-19(20)23(18)25/h8-9,14,18,23H,4-7,10-13,15-16H2,1-3H3/t18-,23-/m0/s1. The topological polar surface area (TPSA) is 59.1 Å². The van der Waals surface area contributed by atoms with Crippen LogP contribution in [0.25, 0.3) is 0 Å². The third-order valence-corrected chi connectivity index (χ3v) is 5.97. The molecule has 2 amide bonds. The minimum atomic E-state index is -0.0501. The van der Waals surface area contributed by atoms with Crippen LogP contribution >= 0.6 is 0 Å². The van der Waals surface area contributed by atoms with Crippen LogP contribution in [-0.2, 0) is 14.3 Å². The number of ether oxygens (including phenoxy) is 2. The molecule has 1 aromatic rings. The highest BCUT2D eigenvalue weighted by atomic mass is 16.5. The number of carbonyl (C=O) groups excluding carboxylic acids is 2. The minimum absolute atomic E-state index is 0.0501. The quantitative estimate of drug-likeness (QED) is 0.657. The summed E-state index contributed by atoms with van der Waals surface area (Å²) >= 11 is 0. The van der Waals surface area contributed by atoms with Crippen molar-refractivity contribution in [3.8, 4) is 5.75 Å². The van der Waals surface area contributed by atoms with E-state index in [9.17, 15) is 9.59 Å². The van der Waals surface area contributed by atoms with Crippen molar-refractivity contribution in [3.63, 3.8) is 0 Å². The van der Waals surface area contributed by atoms with Crippen molar-refractivity contribution in [2.24, 2.45) is 5.92 Å². The molecule has 2 aliphatic rings. The van der Waals surface area contributed by atoms with Crippen molar-refractivity contribution in [1.29, 1.82) is 0 Å². The van der Waals surface area contributed by atoms with Crippen LogP contribution in [0.3, 0.4) is 0 Å². The maximum absolute atomic E-state index is 13.2. The number of unbranched alkanes of at least 4 members (excludes halogenated alkanes) is 2. The molecule has 2 atom stereocenters. The van der Waals surface area contributed by atoms with E-state index in [-0.39, 0.29) is 23.8 Å². The largest absolute Gasteiger partial charge is 0.493 e. The Morgan fingerprint density at radius 1 is 1.31 bits per heavy atom. The van der Waals surface area contributed by atoms with Crippen molar-refractivity contribution >= 4 is 11.8 Å². The van der Waals surface area contributed by atoms with E-state index >= 15 is 0 Å². The Labute approximate surface area is 174 Å². The maximum Gasteiger partial charge on any atom is 0.224 e. The Morgan fingerprint density at radius 3 is 2.90 bits per heavy atom. The average molecular weight is 403 g/mol. The van der Waals surface area contributed by atoms with E-state index in [1.807, 2.05) is 21.9 Å². The highest BCUT2D eigenvalue weighted by Gasteiger charge is 2.40. The van der Waals surface area contributed by atoms with Gasteiger partial charge in [-0.25, -0.2) is 0 Å². The summed E-state index contributed by atoms with van der Waals surface area (Å²) in [6.07, 6.45) is 3.93. The molecule has 1 saturated heterocycles. The van der Waals surface area contributed by atoms with Gasteiger partial charge < -0.3 is 19.3 Å². The van der Waals surface area contributed by atoms with Crippen molar-refractivity contribution in [3.05, 3.63) is 29.3 Å². The average Bonchev–Trinajstić information content (AvgIpc) is 2.70. The van der Waals surface area contributed by atoms with Crippen LogP contribution in [-0.4, -0.2) is 61.6 Å². The summed E-state index contributed by atoms with van der Waals surface area (Å²) in [7, 11) is 1.65. The lowest BCUT2D eigenvalue weighted by Gasteiger charge is -2.44. The lowest BCUT2D eigenvalue weighted by molar-refractivity contribution is -0.142. The van der Waals surface area contributed by atoms with Crippen molar-refractivity contribution in [1.82, 2.24) is 9.80 Å². The van der Waals surface area contributed by atoms with Crippen molar-refractivity contribution < 1.29 is 19.1 Å². The summed E-state index contributed by atoms with van der Waals surface area (Å²) in [6.45, 7) is 6.84. The minimum Gasteiger partial charge on any atom is -0.493 e. The lowest BCUT2D eigenvalue weighted by atomic mass is 9.86. The third-order valence-electron chi connectivity index (χ3n) is 5.97. The summed E-state index contributed by atoms with van der Waals surface area (Å²) in [5, 5.41) is 0. The molecule has 6 heteroatoms. The van der Waals surface area contributed by atoms with Crippen molar-refractivity contribution in [2.75, 3.05) is 40.0 Å². The van der Waals surface area contributed by atoms with E-state index in [0.717, 1.165) is 36.1 Å². The van der Waals surface area contributed by atoms with E-state index in [4.69, 9.17) is 9.47 Å². The molecule has 0 aromatic heterocycles. The first-order valence-electron chi connectivity index (χ1n) is 10.8. The zero-order chi connectivity index (χ0) is 20.8. The molecule has 6 nitrogen and oxygen atoms in total. The highest BCUT2D eigenvalue weighted by Crippen LogP contribution is 2.41. The second-order valence-electron chi connectivity index (χ2n) is 8.18. The first kappa shape index (κ1) is 21.6. The summed E-state index contributed by atoms with van der Waals surface area (Å²) in [5.74, 6) is 1.15. The van der Waals surface area contributed by atoms with E-state index in [2.05, 4.69) is 19.9 Å². The smallest absolute Gasteiger partial charge is 0.224 e. The number of aryl methyl sites for hydroxylation is 1. The van der Waals surface area contributed by atoms with Crippen LogP contribution in [0.2, 0.25) is 0 Å². The van der Waals surface area contributed by atoms with Gasteiger partial charge in [-0.3, -0.25) is 9.59 Å². The van der Waals surface area contributed by atoms with Crippen molar-refractivity contribution in [2.45, 2.75) is 52.0 Å². The molecule has 29 heavy (non-hydrogen) atoms. The number of amides is 2. The second-order valence-corrected chi connectivity index (χ2v) is 8.18. The fraction of sp³-hybridized carbons (Fsp3) is 0.652. The summed E-state index contributed by atoms with van der Waals surface area (Å²) in [4.78, 5) is 29.8. The van der Waals surface area contributed by atoms with Crippen LogP contribution in [0.4, 0.5) is 0 Å². The zero-order valence-electron chi connectivity index (χ0n) is 18.0. The number of hydrogen-bond donors (Lipinski definition) is 0. The predicted octanol–water partition coefficient (Wildman–Crippen LogP) is 3.33. The molecule has 3 rings (SSSR count). The molecular formula is C23H34N2O4. The number of carbonyl (C=O) groups is 2. The molecule has 0 saturated carbocycles. The van der Waals surface area contributed by atoms with Gasteiger partial charge in [0.05, 0.1) is 19.3 Å². The molecule has 160 valence electrons. The maximum atomic E-state index is 13.2. The molecule has 1 aromatic carbocycles.